The molecule has 2 aromatic rings. The number of amides is 1. The van der Waals surface area contributed by atoms with Crippen molar-refractivity contribution in [3.63, 3.8) is 0 Å². The molecule has 0 bridgehead atoms. The number of guanidine groups is 1. The molecular formula is C24H37N7O. The van der Waals surface area contributed by atoms with Crippen LogP contribution in [-0.4, -0.2) is 72.4 Å². The number of nitrogens with zero attached hydrogens (tertiary/aromatic N) is 5. The van der Waals surface area contributed by atoms with E-state index in [2.05, 4.69) is 63.7 Å². The van der Waals surface area contributed by atoms with Gasteiger partial charge in [-0.2, -0.15) is 5.10 Å². The summed E-state index contributed by atoms with van der Waals surface area (Å²) in [5.74, 6) is 0.911. The number of aliphatic imine (C=N–C) groups is 1. The smallest absolute Gasteiger partial charge is 0.224 e. The van der Waals surface area contributed by atoms with E-state index in [-0.39, 0.29) is 11.9 Å². The average Bonchev–Trinajstić information content (AvgIpc) is 3.04. The summed E-state index contributed by atoms with van der Waals surface area (Å²) in [5, 5.41) is 11.2. The summed E-state index contributed by atoms with van der Waals surface area (Å²) in [6.45, 7) is 10.1. The molecule has 2 N–H and O–H groups in total. The SMILES string of the molecule is CN=C(NCCC(=O)N1CCN(c2ccccc2)CC1)NC(C)Cc1c(C)nn(C)c1C. The number of benzene rings is 1. The third-order valence-corrected chi connectivity index (χ3v) is 6.16. The number of carbonyl (C=O) groups excluding carboxylic acids is 1. The van der Waals surface area contributed by atoms with Crippen LogP contribution < -0.4 is 15.5 Å². The minimum Gasteiger partial charge on any atom is -0.368 e. The Morgan fingerprint density at radius 1 is 1.16 bits per heavy atom. The first-order valence-corrected chi connectivity index (χ1v) is 11.4. The van der Waals surface area contributed by atoms with Crippen LogP contribution in [-0.2, 0) is 18.3 Å². The minimum absolute atomic E-state index is 0.190. The molecule has 1 aromatic heterocycles. The molecule has 32 heavy (non-hydrogen) atoms. The largest absolute Gasteiger partial charge is 0.368 e. The fourth-order valence-corrected chi connectivity index (χ4v) is 4.20. The van der Waals surface area contributed by atoms with Crippen molar-refractivity contribution in [1.29, 1.82) is 0 Å². The molecule has 1 fully saturated rings. The second-order valence-electron chi connectivity index (χ2n) is 8.47. The predicted octanol–water partition coefficient (Wildman–Crippen LogP) is 1.87. The topological polar surface area (TPSA) is 77.8 Å². The molecule has 1 aromatic carbocycles. The Bertz CT molecular complexity index is 914. The lowest BCUT2D eigenvalue weighted by molar-refractivity contribution is -0.131. The van der Waals surface area contributed by atoms with Crippen molar-refractivity contribution in [2.75, 3.05) is 44.7 Å². The van der Waals surface area contributed by atoms with Gasteiger partial charge in [0.15, 0.2) is 5.96 Å². The molecule has 2 heterocycles. The number of anilines is 1. The van der Waals surface area contributed by atoms with E-state index in [1.54, 1.807) is 7.05 Å². The molecule has 0 aliphatic carbocycles. The molecule has 1 aliphatic heterocycles. The van der Waals surface area contributed by atoms with Gasteiger partial charge in [-0.3, -0.25) is 14.5 Å². The first-order chi connectivity index (χ1) is 15.4. The van der Waals surface area contributed by atoms with Gasteiger partial charge in [-0.05, 0) is 44.9 Å². The summed E-state index contributed by atoms with van der Waals surface area (Å²) in [6, 6.07) is 10.6. The monoisotopic (exact) mass is 439 g/mol. The molecule has 1 unspecified atom stereocenters. The molecule has 174 valence electrons. The van der Waals surface area contributed by atoms with Crippen molar-refractivity contribution in [2.45, 2.75) is 39.7 Å². The summed E-state index contributed by atoms with van der Waals surface area (Å²) in [6.07, 6.45) is 1.33. The van der Waals surface area contributed by atoms with Crippen LogP contribution in [0.25, 0.3) is 0 Å². The van der Waals surface area contributed by atoms with E-state index in [0.717, 1.165) is 44.3 Å². The highest BCUT2D eigenvalue weighted by Gasteiger charge is 2.21. The molecule has 0 saturated carbocycles. The van der Waals surface area contributed by atoms with Gasteiger partial charge in [-0.1, -0.05) is 18.2 Å². The van der Waals surface area contributed by atoms with Gasteiger partial charge in [0, 0.05) is 70.7 Å². The van der Waals surface area contributed by atoms with E-state index in [9.17, 15) is 4.79 Å². The van der Waals surface area contributed by atoms with Crippen LogP contribution >= 0.6 is 0 Å². The number of carbonyl (C=O) groups is 1. The Balaban J connectivity index is 1.39. The van der Waals surface area contributed by atoms with Gasteiger partial charge >= 0.3 is 0 Å². The number of hydrogen-bond donors (Lipinski definition) is 2. The maximum atomic E-state index is 12.6. The van der Waals surface area contributed by atoms with Crippen LogP contribution in [0.5, 0.6) is 0 Å². The number of rotatable bonds is 7. The summed E-state index contributed by atoms with van der Waals surface area (Å²) in [7, 11) is 3.73. The molecule has 1 aliphatic rings. The van der Waals surface area contributed by atoms with Crippen LogP contribution in [0.1, 0.15) is 30.3 Å². The van der Waals surface area contributed by atoms with Crippen molar-refractivity contribution < 1.29 is 4.79 Å². The summed E-state index contributed by atoms with van der Waals surface area (Å²) >= 11 is 0. The summed E-state index contributed by atoms with van der Waals surface area (Å²) in [5.41, 5.74) is 4.76. The standard InChI is InChI=1S/C24H37N7O/c1-18(17-22-19(2)28-29(5)20(22)3)27-24(25-4)26-12-11-23(32)31-15-13-30(14-16-31)21-9-7-6-8-10-21/h6-10,18H,11-17H2,1-5H3,(H2,25,26,27). The Kier molecular flexibility index (Phi) is 8.14. The zero-order valence-electron chi connectivity index (χ0n) is 20.1. The fraction of sp³-hybridized carbons (Fsp3) is 0.542. The van der Waals surface area contributed by atoms with E-state index in [1.807, 2.05) is 29.6 Å². The van der Waals surface area contributed by atoms with E-state index in [0.29, 0.717) is 13.0 Å². The van der Waals surface area contributed by atoms with E-state index < -0.39 is 0 Å². The van der Waals surface area contributed by atoms with Gasteiger partial charge in [0.25, 0.3) is 0 Å². The van der Waals surface area contributed by atoms with Crippen LogP contribution in [0.3, 0.4) is 0 Å². The van der Waals surface area contributed by atoms with Crippen molar-refractivity contribution >= 4 is 17.6 Å². The van der Waals surface area contributed by atoms with Gasteiger partial charge < -0.3 is 20.4 Å². The Morgan fingerprint density at radius 3 is 2.44 bits per heavy atom. The summed E-state index contributed by atoms with van der Waals surface area (Å²) in [4.78, 5) is 21.3. The highest BCUT2D eigenvalue weighted by molar-refractivity contribution is 5.81. The average molecular weight is 440 g/mol. The Morgan fingerprint density at radius 2 is 1.84 bits per heavy atom. The first kappa shape index (κ1) is 23.6. The fourth-order valence-electron chi connectivity index (χ4n) is 4.20. The zero-order chi connectivity index (χ0) is 23.1. The van der Waals surface area contributed by atoms with Crippen LogP contribution in [0, 0.1) is 13.8 Å². The molecule has 8 heteroatoms. The number of aryl methyl sites for hydroxylation is 2. The highest BCUT2D eigenvalue weighted by atomic mass is 16.2. The van der Waals surface area contributed by atoms with Crippen molar-refractivity contribution in [1.82, 2.24) is 25.3 Å². The lowest BCUT2D eigenvalue weighted by Gasteiger charge is -2.36. The van der Waals surface area contributed by atoms with E-state index >= 15 is 0 Å². The van der Waals surface area contributed by atoms with Gasteiger partial charge in [-0.25, -0.2) is 0 Å². The number of para-hydroxylation sites is 1. The third kappa shape index (κ3) is 6.02. The number of hydrogen-bond acceptors (Lipinski definition) is 4. The molecule has 3 rings (SSSR count). The normalized spacial score (nSPS) is 15.6. The van der Waals surface area contributed by atoms with Gasteiger partial charge in [0.2, 0.25) is 5.91 Å². The number of nitrogens with one attached hydrogen (secondary N) is 2. The molecule has 0 radical (unpaired) electrons. The van der Waals surface area contributed by atoms with Crippen LogP contribution in [0.15, 0.2) is 35.3 Å². The third-order valence-electron chi connectivity index (χ3n) is 6.16. The number of piperazine rings is 1. The van der Waals surface area contributed by atoms with Gasteiger partial charge in [0.05, 0.1) is 5.69 Å². The van der Waals surface area contributed by atoms with E-state index in [1.165, 1.54) is 16.9 Å². The van der Waals surface area contributed by atoms with Gasteiger partial charge in [0.1, 0.15) is 0 Å². The maximum Gasteiger partial charge on any atom is 0.224 e. The van der Waals surface area contributed by atoms with Crippen LogP contribution in [0.2, 0.25) is 0 Å². The van der Waals surface area contributed by atoms with E-state index in [4.69, 9.17) is 0 Å². The molecular weight excluding hydrogens is 402 g/mol. The van der Waals surface area contributed by atoms with Crippen LogP contribution in [0.4, 0.5) is 5.69 Å². The Hall–Kier alpha value is -3.03. The predicted molar refractivity (Wildman–Crippen MR) is 130 cm³/mol. The number of aromatic nitrogens is 2. The Labute approximate surface area is 191 Å². The summed E-state index contributed by atoms with van der Waals surface area (Å²) < 4.78 is 1.93. The maximum absolute atomic E-state index is 12.6. The lowest BCUT2D eigenvalue weighted by Crippen LogP contribution is -2.49. The van der Waals surface area contributed by atoms with Gasteiger partial charge in [-0.15, -0.1) is 0 Å². The molecule has 1 atom stereocenters. The molecule has 1 saturated heterocycles. The quantitative estimate of drug-likeness (QED) is 0.509. The van der Waals surface area contributed by atoms with Crippen molar-refractivity contribution in [2.24, 2.45) is 12.0 Å². The lowest BCUT2D eigenvalue weighted by atomic mass is 10.1. The van der Waals surface area contributed by atoms with Crippen molar-refractivity contribution in [3.8, 4) is 0 Å². The van der Waals surface area contributed by atoms with Crippen molar-refractivity contribution in [3.05, 3.63) is 47.3 Å². The zero-order valence-corrected chi connectivity index (χ0v) is 20.1. The second-order valence-corrected chi connectivity index (χ2v) is 8.47. The second kappa shape index (κ2) is 11.0. The highest BCUT2D eigenvalue weighted by Crippen LogP contribution is 2.16. The first-order valence-electron chi connectivity index (χ1n) is 11.4. The molecule has 0 spiro atoms. The minimum atomic E-state index is 0.190. The molecule has 1 amide bonds. The molecule has 8 nitrogen and oxygen atoms in total.